The fourth-order valence-corrected chi connectivity index (χ4v) is 2.31. The van der Waals surface area contributed by atoms with E-state index >= 15 is 0 Å². The summed E-state index contributed by atoms with van der Waals surface area (Å²) in [5.41, 5.74) is 6.84. The van der Waals surface area contributed by atoms with E-state index in [9.17, 15) is 8.42 Å². The van der Waals surface area contributed by atoms with E-state index in [0.29, 0.717) is 23.6 Å². The standard InChI is InChI=1S/C13H15N3O3S/c14-8-11-7-13(5-6-16-11)19-12-3-1-10(2-4-12)9-20(15,17)18/h1-7H,8-9,14H2,(H2,15,17,18). The Bertz CT molecular complexity index is 684. The Labute approximate surface area is 117 Å². The average molecular weight is 293 g/mol. The van der Waals surface area contributed by atoms with Crippen LogP contribution >= 0.6 is 0 Å². The second kappa shape index (κ2) is 6.00. The van der Waals surface area contributed by atoms with E-state index in [0.717, 1.165) is 5.69 Å². The van der Waals surface area contributed by atoms with Crippen LogP contribution in [-0.2, 0) is 22.3 Å². The van der Waals surface area contributed by atoms with Gasteiger partial charge in [-0.05, 0) is 23.8 Å². The molecule has 1 aromatic heterocycles. The maximum Gasteiger partial charge on any atom is 0.213 e. The number of primary sulfonamides is 1. The zero-order valence-corrected chi connectivity index (χ0v) is 11.5. The minimum absolute atomic E-state index is 0.195. The molecule has 0 radical (unpaired) electrons. The molecule has 4 N–H and O–H groups in total. The molecule has 0 amide bonds. The number of rotatable bonds is 5. The maximum absolute atomic E-state index is 11.0. The van der Waals surface area contributed by atoms with E-state index in [1.165, 1.54) is 0 Å². The minimum atomic E-state index is -3.52. The molecule has 20 heavy (non-hydrogen) atoms. The maximum atomic E-state index is 11.0. The van der Waals surface area contributed by atoms with Crippen LogP contribution in [0.2, 0.25) is 0 Å². The molecule has 1 aromatic carbocycles. The van der Waals surface area contributed by atoms with Crippen molar-refractivity contribution in [1.29, 1.82) is 0 Å². The highest BCUT2D eigenvalue weighted by molar-refractivity contribution is 7.88. The summed E-state index contributed by atoms with van der Waals surface area (Å²) in [6.45, 7) is 0.338. The highest BCUT2D eigenvalue weighted by Gasteiger charge is 2.05. The fraction of sp³-hybridized carbons (Fsp3) is 0.154. The molecule has 0 spiro atoms. The number of nitrogens with zero attached hydrogens (tertiary/aromatic N) is 1. The van der Waals surface area contributed by atoms with Gasteiger partial charge in [0.25, 0.3) is 0 Å². The van der Waals surface area contributed by atoms with Gasteiger partial charge in [0.05, 0.1) is 11.4 Å². The number of benzene rings is 1. The van der Waals surface area contributed by atoms with Crippen molar-refractivity contribution >= 4 is 10.0 Å². The van der Waals surface area contributed by atoms with Crippen LogP contribution in [0.1, 0.15) is 11.3 Å². The van der Waals surface area contributed by atoms with Crippen LogP contribution in [0.4, 0.5) is 0 Å². The molecule has 2 aromatic rings. The fourth-order valence-electron chi connectivity index (χ4n) is 1.65. The molecule has 0 aliphatic carbocycles. The second-order valence-electron chi connectivity index (χ2n) is 4.24. The zero-order chi connectivity index (χ0) is 14.6. The molecule has 0 aliphatic rings. The van der Waals surface area contributed by atoms with Crippen molar-refractivity contribution in [3.8, 4) is 11.5 Å². The Morgan fingerprint density at radius 3 is 2.40 bits per heavy atom. The van der Waals surface area contributed by atoms with Gasteiger partial charge in [0.2, 0.25) is 10.0 Å². The molecule has 0 atom stereocenters. The topological polar surface area (TPSA) is 108 Å². The lowest BCUT2D eigenvalue weighted by atomic mass is 10.2. The van der Waals surface area contributed by atoms with E-state index in [4.69, 9.17) is 15.6 Å². The van der Waals surface area contributed by atoms with E-state index < -0.39 is 10.0 Å². The average Bonchev–Trinajstić information content (AvgIpc) is 2.40. The number of hydrogen-bond donors (Lipinski definition) is 2. The summed E-state index contributed by atoms with van der Waals surface area (Å²) in [5.74, 6) is 1.02. The van der Waals surface area contributed by atoms with Gasteiger partial charge in [0, 0.05) is 18.8 Å². The van der Waals surface area contributed by atoms with Gasteiger partial charge in [0.15, 0.2) is 0 Å². The van der Waals surface area contributed by atoms with Gasteiger partial charge >= 0.3 is 0 Å². The van der Waals surface area contributed by atoms with Crippen molar-refractivity contribution in [3.05, 3.63) is 53.9 Å². The molecule has 0 bridgehead atoms. The number of ether oxygens (including phenoxy) is 1. The molecule has 0 unspecified atom stereocenters. The Morgan fingerprint density at radius 2 is 1.80 bits per heavy atom. The van der Waals surface area contributed by atoms with Gasteiger partial charge < -0.3 is 10.5 Å². The first-order chi connectivity index (χ1) is 9.46. The predicted octanol–water partition coefficient (Wildman–Crippen LogP) is 1.12. The summed E-state index contributed by atoms with van der Waals surface area (Å²) < 4.78 is 27.6. The molecule has 106 valence electrons. The lowest BCUT2D eigenvalue weighted by Gasteiger charge is -2.07. The number of sulfonamides is 1. The summed E-state index contributed by atoms with van der Waals surface area (Å²) in [7, 11) is -3.52. The second-order valence-corrected chi connectivity index (χ2v) is 5.85. The summed E-state index contributed by atoms with van der Waals surface area (Å²) in [4.78, 5) is 4.07. The minimum Gasteiger partial charge on any atom is -0.457 e. The van der Waals surface area contributed by atoms with Crippen molar-refractivity contribution in [3.63, 3.8) is 0 Å². The first-order valence-electron chi connectivity index (χ1n) is 5.88. The third kappa shape index (κ3) is 4.30. The Morgan fingerprint density at radius 1 is 1.10 bits per heavy atom. The smallest absolute Gasteiger partial charge is 0.213 e. The third-order valence-electron chi connectivity index (χ3n) is 2.52. The summed E-state index contributed by atoms with van der Waals surface area (Å²) in [6, 6.07) is 10.2. The van der Waals surface area contributed by atoms with Gasteiger partial charge in [-0.25, -0.2) is 13.6 Å². The number of hydrogen-bond acceptors (Lipinski definition) is 5. The molecule has 0 saturated heterocycles. The van der Waals surface area contributed by atoms with Gasteiger partial charge in [-0.1, -0.05) is 12.1 Å². The largest absolute Gasteiger partial charge is 0.457 e. The molecule has 0 aliphatic heterocycles. The van der Waals surface area contributed by atoms with Crippen molar-refractivity contribution in [2.75, 3.05) is 0 Å². The Balaban J connectivity index is 2.10. The van der Waals surface area contributed by atoms with Crippen LogP contribution in [0.25, 0.3) is 0 Å². The van der Waals surface area contributed by atoms with Crippen molar-refractivity contribution in [2.24, 2.45) is 10.9 Å². The van der Waals surface area contributed by atoms with Gasteiger partial charge in [-0.3, -0.25) is 4.98 Å². The van der Waals surface area contributed by atoms with Crippen molar-refractivity contribution in [1.82, 2.24) is 4.98 Å². The Hall–Kier alpha value is -1.96. The van der Waals surface area contributed by atoms with Gasteiger partial charge in [-0.15, -0.1) is 0 Å². The monoisotopic (exact) mass is 293 g/mol. The third-order valence-corrected chi connectivity index (χ3v) is 3.26. The molecular weight excluding hydrogens is 278 g/mol. The molecule has 7 heteroatoms. The van der Waals surface area contributed by atoms with Crippen LogP contribution in [0, 0.1) is 0 Å². The molecular formula is C13H15N3O3S. The first-order valence-corrected chi connectivity index (χ1v) is 7.60. The Kier molecular flexibility index (Phi) is 4.33. The highest BCUT2D eigenvalue weighted by Crippen LogP contribution is 2.22. The van der Waals surface area contributed by atoms with Crippen LogP contribution < -0.4 is 15.6 Å². The molecule has 0 fully saturated rings. The van der Waals surface area contributed by atoms with Gasteiger partial charge in [-0.2, -0.15) is 0 Å². The van der Waals surface area contributed by atoms with Crippen molar-refractivity contribution in [2.45, 2.75) is 12.3 Å². The zero-order valence-electron chi connectivity index (χ0n) is 10.7. The van der Waals surface area contributed by atoms with Crippen molar-refractivity contribution < 1.29 is 13.2 Å². The van der Waals surface area contributed by atoms with Crippen LogP contribution in [0.15, 0.2) is 42.6 Å². The van der Waals surface area contributed by atoms with E-state index in [-0.39, 0.29) is 5.75 Å². The summed E-state index contributed by atoms with van der Waals surface area (Å²) >= 11 is 0. The van der Waals surface area contributed by atoms with E-state index in [1.807, 2.05) is 0 Å². The molecule has 6 nitrogen and oxygen atoms in total. The highest BCUT2D eigenvalue weighted by atomic mass is 32.2. The number of pyridine rings is 1. The predicted molar refractivity (Wildman–Crippen MR) is 75.5 cm³/mol. The summed E-state index contributed by atoms with van der Waals surface area (Å²) in [6.07, 6.45) is 1.62. The summed E-state index contributed by atoms with van der Waals surface area (Å²) in [5, 5.41) is 4.98. The first kappa shape index (κ1) is 14.4. The lowest BCUT2D eigenvalue weighted by molar-refractivity contribution is 0.480. The molecule has 1 heterocycles. The lowest BCUT2D eigenvalue weighted by Crippen LogP contribution is -2.14. The molecule has 2 rings (SSSR count). The quantitative estimate of drug-likeness (QED) is 0.858. The van der Waals surface area contributed by atoms with E-state index in [1.54, 1.807) is 42.6 Å². The van der Waals surface area contributed by atoms with Crippen LogP contribution in [0.5, 0.6) is 11.5 Å². The molecule has 0 saturated carbocycles. The van der Waals surface area contributed by atoms with Crippen LogP contribution in [-0.4, -0.2) is 13.4 Å². The normalized spacial score (nSPS) is 11.3. The van der Waals surface area contributed by atoms with Gasteiger partial charge in [0.1, 0.15) is 11.5 Å². The van der Waals surface area contributed by atoms with Crippen LogP contribution in [0.3, 0.4) is 0 Å². The SMILES string of the molecule is NCc1cc(Oc2ccc(CS(N)(=O)=O)cc2)ccn1. The van der Waals surface area contributed by atoms with E-state index in [2.05, 4.69) is 4.98 Å². The number of aromatic nitrogens is 1. The number of nitrogens with two attached hydrogens (primary N) is 2.